The van der Waals surface area contributed by atoms with E-state index in [0.29, 0.717) is 32.5 Å². The quantitative estimate of drug-likeness (QED) is 0.112. The number of carbonyl (C=O) groups is 2. The molecule has 0 rings (SSSR count). The van der Waals surface area contributed by atoms with Crippen LogP contribution in [0.25, 0.3) is 0 Å². The highest BCUT2D eigenvalue weighted by Crippen LogP contribution is 2.11. The predicted molar refractivity (Wildman–Crippen MR) is 130 cm³/mol. The van der Waals surface area contributed by atoms with Crippen molar-refractivity contribution in [3.63, 3.8) is 0 Å². The second-order valence-corrected chi connectivity index (χ2v) is 8.95. The van der Waals surface area contributed by atoms with Gasteiger partial charge in [0.15, 0.2) is 0 Å². The van der Waals surface area contributed by atoms with Crippen LogP contribution in [0.5, 0.6) is 0 Å². The number of hydrogen-bond donors (Lipinski definition) is 0. The van der Waals surface area contributed by atoms with Crippen LogP contribution in [0.4, 0.5) is 0 Å². The molecule has 0 fully saturated rings. The van der Waals surface area contributed by atoms with Gasteiger partial charge in [-0.15, -0.1) is 0 Å². The number of esters is 2. The van der Waals surface area contributed by atoms with Gasteiger partial charge in [0.1, 0.15) is 0 Å². The van der Waals surface area contributed by atoms with Gasteiger partial charge in [-0.2, -0.15) is 0 Å². The van der Waals surface area contributed by atoms with Crippen LogP contribution in [0.2, 0.25) is 0 Å². The van der Waals surface area contributed by atoms with Crippen LogP contribution in [0.1, 0.15) is 149 Å². The Morgan fingerprint density at radius 1 is 0.419 bits per heavy atom. The first-order valence-corrected chi connectivity index (χ1v) is 13.5. The summed E-state index contributed by atoms with van der Waals surface area (Å²) in [7, 11) is 0. The van der Waals surface area contributed by atoms with Crippen LogP contribution in [-0.4, -0.2) is 25.2 Å². The van der Waals surface area contributed by atoms with Crippen molar-refractivity contribution in [1.29, 1.82) is 0 Å². The molecule has 4 nitrogen and oxygen atoms in total. The molecule has 0 saturated carbocycles. The van der Waals surface area contributed by atoms with Crippen molar-refractivity contribution < 1.29 is 19.1 Å². The summed E-state index contributed by atoms with van der Waals surface area (Å²) >= 11 is 0. The predicted octanol–water partition coefficient (Wildman–Crippen LogP) is 8.30. The Bertz CT molecular complexity index is 359. The second-order valence-electron chi connectivity index (χ2n) is 8.95. The number of carbonyl (C=O) groups excluding carboxylic acids is 2. The highest BCUT2D eigenvalue weighted by Gasteiger charge is 2.07. The topological polar surface area (TPSA) is 52.6 Å². The SMILES string of the molecule is CCCCCCCCCCCOC(=O)CCCC(=O)OCCCCCCCCCCC. The molecule has 0 heterocycles. The summed E-state index contributed by atoms with van der Waals surface area (Å²) < 4.78 is 10.5. The monoisotopic (exact) mass is 440 g/mol. The second kappa shape index (κ2) is 25.2. The molecule has 4 heteroatoms. The molecule has 0 aromatic heterocycles. The van der Waals surface area contributed by atoms with Crippen molar-refractivity contribution >= 4 is 11.9 Å². The van der Waals surface area contributed by atoms with Gasteiger partial charge in [-0.05, 0) is 19.3 Å². The first-order chi connectivity index (χ1) is 15.2. The van der Waals surface area contributed by atoms with Crippen LogP contribution in [-0.2, 0) is 19.1 Å². The molecule has 0 aromatic carbocycles. The highest BCUT2D eigenvalue weighted by atomic mass is 16.5. The zero-order valence-corrected chi connectivity index (χ0v) is 20.9. The van der Waals surface area contributed by atoms with Gasteiger partial charge in [0.05, 0.1) is 13.2 Å². The van der Waals surface area contributed by atoms with Crippen molar-refractivity contribution in [2.45, 2.75) is 149 Å². The van der Waals surface area contributed by atoms with E-state index < -0.39 is 0 Å². The molecule has 31 heavy (non-hydrogen) atoms. The molecular weight excluding hydrogens is 388 g/mol. The molecule has 0 N–H and O–H groups in total. The maximum Gasteiger partial charge on any atom is 0.305 e. The fraction of sp³-hybridized carbons (Fsp3) is 0.926. The van der Waals surface area contributed by atoms with Crippen LogP contribution < -0.4 is 0 Å². The smallest absolute Gasteiger partial charge is 0.305 e. The van der Waals surface area contributed by atoms with Gasteiger partial charge >= 0.3 is 11.9 Å². The lowest BCUT2D eigenvalue weighted by Crippen LogP contribution is -2.09. The molecule has 0 radical (unpaired) electrons. The van der Waals surface area contributed by atoms with Gasteiger partial charge in [-0.25, -0.2) is 0 Å². The lowest BCUT2D eigenvalue weighted by Gasteiger charge is -2.06. The molecule has 0 saturated heterocycles. The first-order valence-electron chi connectivity index (χ1n) is 13.5. The van der Waals surface area contributed by atoms with Crippen molar-refractivity contribution in [1.82, 2.24) is 0 Å². The van der Waals surface area contributed by atoms with E-state index in [0.717, 1.165) is 25.7 Å². The largest absolute Gasteiger partial charge is 0.466 e. The molecule has 0 spiro atoms. The normalized spacial score (nSPS) is 10.9. The Morgan fingerprint density at radius 2 is 0.710 bits per heavy atom. The average molecular weight is 441 g/mol. The zero-order valence-electron chi connectivity index (χ0n) is 20.9. The maximum atomic E-state index is 11.7. The van der Waals surface area contributed by atoms with Gasteiger partial charge in [-0.1, -0.05) is 117 Å². The molecule has 0 aliphatic rings. The van der Waals surface area contributed by atoms with Gasteiger partial charge in [0.2, 0.25) is 0 Å². The van der Waals surface area contributed by atoms with E-state index in [1.165, 1.54) is 89.9 Å². The Balaban J connectivity index is 3.30. The molecule has 0 unspecified atom stereocenters. The van der Waals surface area contributed by atoms with E-state index in [4.69, 9.17) is 9.47 Å². The minimum absolute atomic E-state index is 0.189. The van der Waals surface area contributed by atoms with E-state index in [1.807, 2.05) is 0 Å². The van der Waals surface area contributed by atoms with E-state index in [2.05, 4.69) is 13.8 Å². The number of rotatable bonds is 24. The van der Waals surface area contributed by atoms with Crippen molar-refractivity contribution in [3.05, 3.63) is 0 Å². The van der Waals surface area contributed by atoms with Crippen molar-refractivity contribution in [2.24, 2.45) is 0 Å². The third-order valence-electron chi connectivity index (χ3n) is 5.78. The highest BCUT2D eigenvalue weighted by molar-refractivity contribution is 5.72. The van der Waals surface area contributed by atoms with Crippen LogP contribution in [0, 0.1) is 0 Å². The molecule has 0 aliphatic carbocycles. The fourth-order valence-electron chi connectivity index (χ4n) is 3.72. The van der Waals surface area contributed by atoms with Gasteiger partial charge < -0.3 is 9.47 Å². The van der Waals surface area contributed by atoms with Gasteiger partial charge in [-0.3, -0.25) is 9.59 Å². The Labute approximate surface area is 193 Å². The van der Waals surface area contributed by atoms with Crippen LogP contribution >= 0.6 is 0 Å². The molecule has 0 atom stereocenters. The molecular formula is C27H52O4. The summed E-state index contributed by atoms with van der Waals surface area (Å²) in [6.07, 6.45) is 23.7. The number of hydrogen-bond acceptors (Lipinski definition) is 4. The minimum atomic E-state index is -0.189. The van der Waals surface area contributed by atoms with E-state index in [1.54, 1.807) is 0 Å². The van der Waals surface area contributed by atoms with E-state index in [-0.39, 0.29) is 11.9 Å². The Morgan fingerprint density at radius 3 is 1.03 bits per heavy atom. The van der Waals surface area contributed by atoms with Gasteiger partial charge in [0, 0.05) is 12.8 Å². The standard InChI is InChI=1S/C27H52O4/c1-3-5-7-9-11-13-15-17-19-24-30-26(28)22-21-23-27(29)31-25-20-18-16-14-12-10-8-6-4-2/h3-25H2,1-2H3. The van der Waals surface area contributed by atoms with Crippen LogP contribution in [0.3, 0.4) is 0 Å². The summed E-state index contributed by atoms with van der Waals surface area (Å²) in [5.41, 5.74) is 0. The Kier molecular flexibility index (Phi) is 24.3. The molecule has 0 bridgehead atoms. The molecule has 184 valence electrons. The summed E-state index contributed by atoms with van der Waals surface area (Å²) in [4.78, 5) is 23.5. The third kappa shape index (κ3) is 25.1. The molecule has 0 amide bonds. The summed E-state index contributed by atoms with van der Waals surface area (Å²) in [5, 5.41) is 0. The molecule has 0 aliphatic heterocycles. The number of ether oxygens (including phenoxy) is 2. The molecule has 0 aromatic rings. The summed E-state index contributed by atoms with van der Waals surface area (Å²) in [6, 6.07) is 0. The minimum Gasteiger partial charge on any atom is -0.466 e. The van der Waals surface area contributed by atoms with Crippen molar-refractivity contribution in [3.8, 4) is 0 Å². The maximum absolute atomic E-state index is 11.7. The van der Waals surface area contributed by atoms with Gasteiger partial charge in [0.25, 0.3) is 0 Å². The first kappa shape index (κ1) is 29.9. The lowest BCUT2D eigenvalue weighted by molar-refractivity contribution is -0.145. The zero-order chi connectivity index (χ0) is 22.8. The fourth-order valence-corrected chi connectivity index (χ4v) is 3.72. The third-order valence-corrected chi connectivity index (χ3v) is 5.78. The number of unbranched alkanes of at least 4 members (excludes halogenated alkanes) is 16. The average Bonchev–Trinajstić information content (AvgIpc) is 2.76. The Hall–Kier alpha value is -1.06. The van der Waals surface area contributed by atoms with E-state index in [9.17, 15) is 9.59 Å². The van der Waals surface area contributed by atoms with Crippen molar-refractivity contribution in [2.75, 3.05) is 13.2 Å². The lowest BCUT2D eigenvalue weighted by atomic mass is 10.1. The summed E-state index contributed by atoms with van der Waals surface area (Å²) in [6.45, 7) is 5.51. The summed E-state index contributed by atoms with van der Waals surface area (Å²) in [5.74, 6) is -0.377. The van der Waals surface area contributed by atoms with E-state index >= 15 is 0 Å². The van der Waals surface area contributed by atoms with Crippen LogP contribution in [0.15, 0.2) is 0 Å².